The topological polar surface area (TPSA) is 39.8 Å². The average molecular weight is 415 g/mol. The van der Waals surface area contributed by atoms with E-state index in [1.54, 1.807) is 11.8 Å². The summed E-state index contributed by atoms with van der Waals surface area (Å²) < 4.78 is 5.54. The number of hydrogen-bond acceptors (Lipinski definition) is 6. The van der Waals surface area contributed by atoms with Crippen molar-refractivity contribution in [2.45, 2.75) is 11.5 Å². The molecule has 4 aliphatic rings. The predicted octanol–water partition coefficient (Wildman–Crippen LogP) is 3.16. The molecule has 0 aliphatic carbocycles. The van der Waals surface area contributed by atoms with Gasteiger partial charge in [-0.1, -0.05) is 29.8 Å². The van der Waals surface area contributed by atoms with Crippen molar-refractivity contribution in [2.75, 3.05) is 32.8 Å². The Morgan fingerprint density at radius 1 is 1.18 bits per heavy atom. The Morgan fingerprint density at radius 2 is 2.00 bits per heavy atom. The van der Waals surface area contributed by atoms with E-state index in [1.165, 1.54) is 22.5 Å². The molecule has 0 spiro atoms. The van der Waals surface area contributed by atoms with Crippen molar-refractivity contribution in [3.8, 4) is 0 Å². The van der Waals surface area contributed by atoms with Gasteiger partial charge in [0.2, 0.25) is 0 Å². The van der Waals surface area contributed by atoms with Crippen molar-refractivity contribution in [1.29, 1.82) is 0 Å². The van der Waals surface area contributed by atoms with Crippen molar-refractivity contribution in [1.82, 2.24) is 20.4 Å². The number of nitrogens with one attached hydrogen (secondary N) is 2. The van der Waals surface area contributed by atoms with E-state index in [-0.39, 0.29) is 11.5 Å². The van der Waals surface area contributed by atoms with Gasteiger partial charge in [0.05, 0.1) is 24.6 Å². The Labute approximate surface area is 174 Å². The van der Waals surface area contributed by atoms with Crippen LogP contribution in [-0.4, -0.2) is 54.2 Å². The monoisotopic (exact) mass is 414 g/mol. The summed E-state index contributed by atoms with van der Waals surface area (Å²) in [5.74, 6) is 0. The normalized spacial score (nSPS) is 26.9. The molecule has 0 aromatic heterocycles. The van der Waals surface area contributed by atoms with Gasteiger partial charge in [0.25, 0.3) is 0 Å². The molecule has 7 heteroatoms. The number of halogens is 1. The number of morpholine rings is 1. The molecule has 5 rings (SSSR count). The molecule has 146 valence electrons. The van der Waals surface area contributed by atoms with E-state index in [0.717, 1.165) is 37.9 Å². The Kier molecular flexibility index (Phi) is 5.11. The minimum Gasteiger partial charge on any atom is -0.379 e. The SMILES string of the molecule is Clc1ccc(C2=C(CN3CCOCC3)N3C=C(C4NC=CS4)C=CC3N2)cc1. The van der Waals surface area contributed by atoms with E-state index in [2.05, 4.69) is 56.3 Å². The molecule has 2 unspecified atom stereocenters. The lowest BCUT2D eigenvalue weighted by Crippen LogP contribution is -2.41. The number of nitrogens with zero attached hydrogens (tertiary/aromatic N) is 2. The second-order valence-electron chi connectivity index (χ2n) is 7.19. The van der Waals surface area contributed by atoms with Gasteiger partial charge in [-0.05, 0) is 29.2 Å². The summed E-state index contributed by atoms with van der Waals surface area (Å²) in [6.45, 7) is 4.43. The first-order valence-corrected chi connectivity index (χ1v) is 10.9. The standard InChI is InChI=1S/C21H23ClN4OS/c22-17-4-1-15(2-5-17)20-18(14-25-8-10-27-11-9-25)26-13-16(3-6-19(26)24-20)21-23-7-12-28-21/h1-7,12-13,19,21,23-24H,8-11,14H2. The number of ether oxygens (including phenoxy) is 1. The van der Waals surface area contributed by atoms with Crippen LogP contribution in [0.3, 0.4) is 0 Å². The van der Waals surface area contributed by atoms with Crippen LogP contribution in [0.15, 0.2) is 65.5 Å². The lowest BCUT2D eigenvalue weighted by Gasteiger charge is -2.32. The molecule has 1 fully saturated rings. The molecule has 4 aliphatic heterocycles. The first kappa shape index (κ1) is 18.2. The fraction of sp³-hybridized carbons (Fsp3) is 0.333. The maximum atomic E-state index is 6.12. The fourth-order valence-electron chi connectivity index (χ4n) is 3.91. The van der Waals surface area contributed by atoms with Crippen molar-refractivity contribution in [3.63, 3.8) is 0 Å². The summed E-state index contributed by atoms with van der Waals surface area (Å²) in [6.07, 6.45) is 8.92. The Bertz CT molecular complexity index is 850. The molecule has 1 aromatic carbocycles. The summed E-state index contributed by atoms with van der Waals surface area (Å²) in [5.41, 5.74) is 4.93. The second kappa shape index (κ2) is 7.87. The van der Waals surface area contributed by atoms with Gasteiger partial charge >= 0.3 is 0 Å². The summed E-state index contributed by atoms with van der Waals surface area (Å²) >= 11 is 7.92. The van der Waals surface area contributed by atoms with Crippen molar-refractivity contribution in [2.24, 2.45) is 0 Å². The van der Waals surface area contributed by atoms with E-state index in [9.17, 15) is 0 Å². The molecule has 1 saturated heterocycles. The van der Waals surface area contributed by atoms with Crippen LogP contribution in [0, 0.1) is 0 Å². The predicted molar refractivity (Wildman–Crippen MR) is 115 cm³/mol. The zero-order valence-corrected chi connectivity index (χ0v) is 17.0. The molecule has 0 radical (unpaired) electrons. The van der Waals surface area contributed by atoms with Crippen LogP contribution < -0.4 is 10.6 Å². The zero-order chi connectivity index (χ0) is 18.9. The highest BCUT2D eigenvalue weighted by molar-refractivity contribution is 8.03. The van der Waals surface area contributed by atoms with Gasteiger partial charge < -0.3 is 20.3 Å². The first-order chi connectivity index (χ1) is 13.8. The summed E-state index contributed by atoms with van der Waals surface area (Å²) in [7, 11) is 0. The number of rotatable bonds is 4. The van der Waals surface area contributed by atoms with Gasteiger partial charge in [0, 0.05) is 42.6 Å². The Hall–Kier alpha value is -1.86. The van der Waals surface area contributed by atoms with Crippen LogP contribution in [0.25, 0.3) is 5.70 Å². The average Bonchev–Trinajstić information content (AvgIpc) is 3.38. The number of fused-ring (bicyclic) bond motifs is 1. The third kappa shape index (κ3) is 3.57. The largest absolute Gasteiger partial charge is 0.379 e. The highest BCUT2D eigenvalue weighted by Crippen LogP contribution is 2.35. The summed E-state index contributed by atoms with van der Waals surface area (Å²) in [5, 5.41) is 10.3. The maximum Gasteiger partial charge on any atom is 0.123 e. The molecule has 2 atom stereocenters. The van der Waals surface area contributed by atoms with Gasteiger partial charge in [0.1, 0.15) is 11.5 Å². The number of benzene rings is 1. The second-order valence-corrected chi connectivity index (χ2v) is 8.64. The molecule has 0 saturated carbocycles. The molecule has 28 heavy (non-hydrogen) atoms. The third-order valence-corrected chi connectivity index (χ3v) is 6.62. The van der Waals surface area contributed by atoms with Crippen molar-refractivity contribution >= 4 is 29.1 Å². The Morgan fingerprint density at radius 3 is 2.75 bits per heavy atom. The fourth-order valence-corrected chi connectivity index (χ4v) is 4.81. The molecule has 5 nitrogen and oxygen atoms in total. The highest BCUT2D eigenvalue weighted by Gasteiger charge is 2.33. The van der Waals surface area contributed by atoms with Crippen molar-refractivity contribution in [3.05, 3.63) is 76.1 Å². The molecule has 0 bridgehead atoms. The van der Waals surface area contributed by atoms with Gasteiger partial charge in [-0.3, -0.25) is 4.90 Å². The smallest absolute Gasteiger partial charge is 0.123 e. The summed E-state index contributed by atoms with van der Waals surface area (Å²) in [4.78, 5) is 4.85. The van der Waals surface area contributed by atoms with E-state index < -0.39 is 0 Å². The molecule has 4 heterocycles. The van der Waals surface area contributed by atoms with Crippen LogP contribution in [0.1, 0.15) is 5.56 Å². The minimum atomic E-state index is 0.143. The van der Waals surface area contributed by atoms with E-state index in [4.69, 9.17) is 16.3 Å². The number of thioether (sulfide) groups is 1. The lowest BCUT2D eigenvalue weighted by molar-refractivity contribution is 0.0401. The van der Waals surface area contributed by atoms with E-state index in [0.29, 0.717) is 0 Å². The van der Waals surface area contributed by atoms with Crippen molar-refractivity contribution < 1.29 is 4.74 Å². The molecular formula is C21H23ClN4OS. The molecule has 1 aromatic rings. The lowest BCUT2D eigenvalue weighted by atomic mass is 10.1. The maximum absolute atomic E-state index is 6.12. The van der Waals surface area contributed by atoms with Crippen LogP contribution in [0.4, 0.5) is 0 Å². The quantitative estimate of drug-likeness (QED) is 0.788. The van der Waals surface area contributed by atoms with E-state index >= 15 is 0 Å². The summed E-state index contributed by atoms with van der Waals surface area (Å²) in [6, 6.07) is 8.10. The van der Waals surface area contributed by atoms with Crippen LogP contribution >= 0.6 is 23.4 Å². The Balaban J connectivity index is 1.48. The van der Waals surface area contributed by atoms with E-state index in [1.807, 2.05) is 18.3 Å². The van der Waals surface area contributed by atoms with Crippen LogP contribution in [0.5, 0.6) is 0 Å². The number of hydrogen-bond donors (Lipinski definition) is 2. The zero-order valence-electron chi connectivity index (χ0n) is 15.5. The van der Waals surface area contributed by atoms with Gasteiger partial charge in [-0.15, -0.1) is 11.8 Å². The van der Waals surface area contributed by atoms with Crippen LogP contribution in [0.2, 0.25) is 5.02 Å². The first-order valence-electron chi connectivity index (χ1n) is 9.58. The van der Waals surface area contributed by atoms with Gasteiger partial charge in [-0.25, -0.2) is 0 Å². The molecular weight excluding hydrogens is 392 g/mol. The third-order valence-electron chi connectivity index (χ3n) is 5.39. The molecule has 2 N–H and O–H groups in total. The van der Waals surface area contributed by atoms with Gasteiger partial charge in [-0.2, -0.15) is 0 Å². The minimum absolute atomic E-state index is 0.143. The van der Waals surface area contributed by atoms with Crippen LogP contribution in [-0.2, 0) is 4.74 Å². The highest BCUT2D eigenvalue weighted by atomic mass is 35.5. The molecule has 0 amide bonds. The van der Waals surface area contributed by atoms with Gasteiger partial charge in [0.15, 0.2) is 0 Å².